The third-order valence-corrected chi connectivity index (χ3v) is 5.29. The zero-order valence-electron chi connectivity index (χ0n) is 13.4. The molecule has 1 spiro atoms. The Kier molecular flexibility index (Phi) is 5.70. The molecular formula is C17H34N2. The highest BCUT2D eigenvalue weighted by Gasteiger charge is 2.44. The minimum atomic E-state index is 0.649. The molecule has 0 amide bonds. The summed E-state index contributed by atoms with van der Waals surface area (Å²) in [5.74, 6) is 1.02. The van der Waals surface area contributed by atoms with Crippen molar-refractivity contribution in [3.63, 3.8) is 0 Å². The van der Waals surface area contributed by atoms with Crippen molar-refractivity contribution in [2.24, 2.45) is 11.3 Å². The van der Waals surface area contributed by atoms with Crippen molar-refractivity contribution in [1.82, 2.24) is 10.2 Å². The third-order valence-electron chi connectivity index (χ3n) is 5.29. The molecule has 2 rings (SSSR count). The first-order valence-electron chi connectivity index (χ1n) is 8.59. The molecule has 0 aromatic carbocycles. The number of unbranched alkanes of at least 4 members (excludes halogenated alkanes) is 1. The summed E-state index contributed by atoms with van der Waals surface area (Å²) in [6.45, 7) is 12.1. The van der Waals surface area contributed by atoms with Gasteiger partial charge in [-0.25, -0.2) is 0 Å². The second kappa shape index (κ2) is 7.08. The summed E-state index contributed by atoms with van der Waals surface area (Å²) in [6, 6.07) is 0.649. The van der Waals surface area contributed by atoms with Crippen LogP contribution in [0.2, 0.25) is 0 Å². The molecule has 19 heavy (non-hydrogen) atoms. The van der Waals surface area contributed by atoms with Crippen LogP contribution in [0, 0.1) is 11.3 Å². The van der Waals surface area contributed by atoms with Crippen molar-refractivity contribution >= 4 is 0 Å². The van der Waals surface area contributed by atoms with Crippen molar-refractivity contribution in [3.8, 4) is 0 Å². The topological polar surface area (TPSA) is 15.3 Å². The van der Waals surface area contributed by atoms with Crippen LogP contribution in [-0.4, -0.2) is 37.1 Å². The van der Waals surface area contributed by atoms with E-state index in [4.69, 9.17) is 0 Å². The summed E-state index contributed by atoms with van der Waals surface area (Å²) < 4.78 is 0. The van der Waals surface area contributed by atoms with E-state index in [1.807, 2.05) is 0 Å². The Hall–Kier alpha value is -0.0800. The van der Waals surface area contributed by atoms with E-state index in [0.29, 0.717) is 6.04 Å². The first kappa shape index (κ1) is 15.3. The normalized spacial score (nSPS) is 24.0. The molecule has 0 bridgehead atoms. The quantitative estimate of drug-likeness (QED) is 0.756. The van der Waals surface area contributed by atoms with Gasteiger partial charge in [-0.3, -0.25) is 0 Å². The largest absolute Gasteiger partial charge is 0.315 e. The van der Waals surface area contributed by atoms with Gasteiger partial charge in [0.2, 0.25) is 0 Å². The SMILES string of the molecule is CCCCN1CCC2(CC1)CC(CCNC(C)C)C2. The number of hydrogen-bond acceptors (Lipinski definition) is 2. The molecule has 0 unspecified atom stereocenters. The molecule has 0 aromatic rings. The molecule has 2 aliphatic rings. The average molecular weight is 266 g/mol. The van der Waals surface area contributed by atoms with Gasteiger partial charge in [-0.1, -0.05) is 27.2 Å². The van der Waals surface area contributed by atoms with Crippen LogP contribution in [0.25, 0.3) is 0 Å². The van der Waals surface area contributed by atoms with Gasteiger partial charge in [0.1, 0.15) is 0 Å². The van der Waals surface area contributed by atoms with E-state index in [9.17, 15) is 0 Å². The van der Waals surface area contributed by atoms with E-state index in [1.54, 1.807) is 0 Å². The Morgan fingerprint density at radius 3 is 2.47 bits per heavy atom. The van der Waals surface area contributed by atoms with E-state index in [2.05, 4.69) is 31.0 Å². The summed E-state index contributed by atoms with van der Waals surface area (Å²) in [5, 5.41) is 3.56. The van der Waals surface area contributed by atoms with Crippen LogP contribution in [0.3, 0.4) is 0 Å². The molecule has 1 saturated heterocycles. The van der Waals surface area contributed by atoms with Gasteiger partial charge in [-0.15, -0.1) is 0 Å². The zero-order valence-corrected chi connectivity index (χ0v) is 13.4. The van der Waals surface area contributed by atoms with E-state index < -0.39 is 0 Å². The molecule has 2 nitrogen and oxygen atoms in total. The van der Waals surface area contributed by atoms with Gasteiger partial charge in [0.25, 0.3) is 0 Å². The van der Waals surface area contributed by atoms with Gasteiger partial charge in [-0.05, 0) is 76.0 Å². The molecule has 112 valence electrons. The molecule has 2 heteroatoms. The molecule has 1 saturated carbocycles. The summed E-state index contributed by atoms with van der Waals surface area (Å²) >= 11 is 0. The first-order valence-corrected chi connectivity index (χ1v) is 8.59. The van der Waals surface area contributed by atoms with Gasteiger partial charge >= 0.3 is 0 Å². The lowest BCUT2D eigenvalue weighted by Gasteiger charge is -2.52. The molecule has 0 radical (unpaired) electrons. The summed E-state index contributed by atoms with van der Waals surface area (Å²) in [7, 11) is 0. The van der Waals surface area contributed by atoms with Gasteiger partial charge < -0.3 is 10.2 Å². The second-order valence-corrected chi connectivity index (χ2v) is 7.37. The molecule has 1 aliphatic carbocycles. The Balaban J connectivity index is 1.58. The minimum Gasteiger partial charge on any atom is -0.315 e. The van der Waals surface area contributed by atoms with Crippen molar-refractivity contribution in [3.05, 3.63) is 0 Å². The number of hydrogen-bond donors (Lipinski definition) is 1. The van der Waals surface area contributed by atoms with E-state index in [1.165, 1.54) is 71.1 Å². The van der Waals surface area contributed by atoms with Gasteiger partial charge in [0.05, 0.1) is 0 Å². The van der Waals surface area contributed by atoms with Crippen molar-refractivity contribution in [2.75, 3.05) is 26.2 Å². The summed E-state index contributed by atoms with van der Waals surface area (Å²) in [6.07, 6.45) is 10.1. The second-order valence-electron chi connectivity index (χ2n) is 7.37. The van der Waals surface area contributed by atoms with Crippen LogP contribution in [0.15, 0.2) is 0 Å². The van der Waals surface area contributed by atoms with Crippen LogP contribution in [0.1, 0.15) is 65.7 Å². The molecule has 0 aromatic heterocycles. The number of likely N-dealkylation sites (tertiary alicyclic amines) is 1. The molecule has 1 aliphatic heterocycles. The minimum absolute atomic E-state index is 0.649. The van der Waals surface area contributed by atoms with Gasteiger partial charge in [0.15, 0.2) is 0 Å². The summed E-state index contributed by atoms with van der Waals surface area (Å²) in [4.78, 5) is 2.70. The van der Waals surface area contributed by atoms with E-state index in [0.717, 1.165) is 11.3 Å². The smallest absolute Gasteiger partial charge is 0.00103 e. The fourth-order valence-electron chi connectivity index (χ4n) is 3.99. The monoisotopic (exact) mass is 266 g/mol. The van der Waals surface area contributed by atoms with Gasteiger partial charge in [0, 0.05) is 6.04 Å². The highest BCUT2D eigenvalue weighted by atomic mass is 15.1. The highest BCUT2D eigenvalue weighted by molar-refractivity contribution is 4.97. The predicted molar refractivity (Wildman–Crippen MR) is 83.5 cm³/mol. The maximum absolute atomic E-state index is 3.56. The summed E-state index contributed by atoms with van der Waals surface area (Å²) in [5.41, 5.74) is 0.769. The zero-order chi connectivity index (χ0) is 13.7. The number of piperidine rings is 1. The maximum atomic E-state index is 3.56. The highest BCUT2D eigenvalue weighted by Crippen LogP contribution is 2.53. The lowest BCUT2D eigenvalue weighted by molar-refractivity contribution is -0.0161. The van der Waals surface area contributed by atoms with Crippen LogP contribution in [0.4, 0.5) is 0 Å². The standard InChI is InChI=1S/C17H34N2/c1-4-5-10-19-11-7-17(8-12-19)13-16(14-17)6-9-18-15(2)3/h15-16,18H,4-14H2,1-3H3. The maximum Gasteiger partial charge on any atom is 0.00103 e. The predicted octanol–water partition coefficient (Wildman–Crippen LogP) is 3.67. The molecule has 1 heterocycles. The Morgan fingerprint density at radius 2 is 1.89 bits per heavy atom. The van der Waals surface area contributed by atoms with E-state index >= 15 is 0 Å². The fraction of sp³-hybridized carbons (Fsp3) is 1.00. The average Bonchev–Trinajstić information content (AvgIpc) is 2.35. The van der Waals surface area contributed by atoms with Crippen LogP contribution < -0.4 is 5.32 Å². The van der Waals surface area contributed by atoms with Crippen molar-refractivity contribution < 1.29 is 0 Å². The first-order chi connectivity index (χ1) is 9.13. The van der Waals surface area contributed by atoms with E-state index in [-0.39, 0.29) is 0 Å². The Bertz CT molecular complexity index is 246. The molecule has 2 fully saturated rings. The Labute approximate surface area is 120 Å². The number of rotatable bonds is 7. The van der Waals surface area contributed by atoms with Crippen LogP contribution in [0.5, 0.6) is 0 Å². The third kappa shape index (κ3) is 4.46. The Morgan fingerprint density at radius 1 is 1.21 bits per heavy atom. The number of nitrogens with one attached hydrogen (secondary N) is 1. The lowest BCUT2D eigenvalue weighted by atomic mass is 9.57. The fourth-order valence-corrected chi connectivity index (χ4v) is 3.99. The molecular weight excluding hydrogens is 232 g/mol. The molecule has 1 N–H and O–H groups in total. The lowest BCUT2D eigenvalue weighted by Crippen LogP contribution is -2.47. The van der Waals surface area contributed by atoms with Gasteiger partial charge in [-0.2, -0.15) is 0 Å². The van der Waals surface area contributed by atoms with Crippen molar-refractivity contribution in [1.29, 1.82) is 0 Å². The van der Waals surface area contributed by atoms with Crippen LogP contribution in [-0.2, 0) is 0 Å². The molecule has 0 atom stereocenters. The van der Waals surface area contributed by atoms with Crippen molar-refractivity contribution in [2.45, 2.75) is 71.8 Å². The number of nitrogens with zero attached hydrogens (tertiary/aromatic N) is 1. The van der Waals surface area contributed by atoms with Crippen LogP contribution >= 0.6 is 0 Å².